The molecule has 2 aliphatic rings. The van der Waals surface area contributed by atoms with Crippen LogP contribution in [0.2, 0.25) is 0 Å². The van der Waals surface area contributed by atoms with E-state index < -0.39 is 4.92 Å². The van der Waals surface area contributed by atoms with Crippen molar-refractivity contribution in [3.8, 4) is 0 Å². The molecule has 0 unspecified atom stereocenters. The lowest BCUT2D eigenvalue weighted by Crippen LogP contribution is -2.55. The maximum Gasteiger partial charge on any atom is 0.305 e. The molecule has 2 fully saturated rings. The van der Waals surface area contributed by atoms with Gasteiger partial charge >= 0.3 is 5.70 Å². The highest BCUT2D eigenvalue weighted by Gasteiger charge is 2.30. The number of hydrogen-bond acceptors (Lipinski definition) is 6. The van der Waals surface area contributed by atoms with Crippen LogP contribution in [-0.4, -0.2) is 54.4 Å². The van der Waals surface area contributed by atoms with Crippen LogP contribution >= 0.6 is 0 Å². The van der Waals surface area contributed by atoms with Gasteiger partial charge in [-0.15, -0.1) is 0 Å². The van der Waals surface area contributed by atoms with E-state index in [1.165, 1.54) is 0 Å². The van der Waals surface area contributed by atoms with Gasteiger partial charge in [0, 0.05) is 12.6 Å². The molecule has 0 saturated carbocycles. The van der Waals surface area contributed by atoms with Gasteiger partial charge in [0.25, 0.3) is 0 Å². The van der Waals surface area contributed by atoms with Crippen LogP contribution < -0.4 is 5.32 Å². The minimum Gasteiger partial charge on any atom is -0.379 e. The van der Waals surface area contributed by atoms with Crippen LogP contribution in [0.25, 0.3) is 0 Å². The summed E-state index contributed by atoms with van der Waals surface area (Å²) in [6, 6.07) is 0.718. The molecule has 2 N–H and O–H groups in total. The normalized spacial score (nSPS) is 26.3. The molecule has 2 rings (SSSR count). The van der Waals surface area contributed by atoms with Crippen LogP contribution in [0, 0.1) is 15.5 Å². The van der Waals surface area contributed by atoms with Gasteiger partial charge in [-0.05, 0) is 26.3 Å². The molecule has 0 spiro atoms. The Kier molecular flexibility index (Phi) is 4.49. The molecule has 0 aromatic carbocycles. The predicted molar refractivity (Wildman–Crippen MR) is 70.8 cm³/mol. The Morgan fingerprint density at radius 2 is 2.32 bits per heavy atom. The fourth-order valence-corrected chi connectivity index (χ4v) is 2.57. The summed E-state index contributed by atoms with van der Waals surface area (Å²) in [5, 5.41) is 21.1. The Bertz CT molecular complexity index is 392. The maximum atomic E-state index is 10.8. The summed E-state index contributed by atoms with van der Waals surface area (Å²) in [7, 11) is 0. The second kappa shape index (κ2) is 6.12. The average molecular weight is 268 g/mol. The molecule has 7 nitrogen and oxygen atoms in total. The summed E-state index contributed by atoms with van der Waals surface area (Å²) in [5.74, 6) is 0. The van der Waals surface area contributed by atoms with Crippen LogP contribution in [-0.2, 0) is 4.74 Å². The summed E-state index contributed by atoms with van der Waals surface area (Å²) >= 11 is 0. The van der Waals surface area contributed by atoms with Crippen molar-refractivity contribution in [2.45, 2.75) is 31.8 Å². The van der Waals surface area contributed by atoms with Gasteiger partial charge in [0.05, 0.1) is 36.1 Å². The first-order chi connectivity index (χ1) is 9.11. The van der Waals surface area contributed by atoms with Crippen molar-refractivity contribution in [3.63, 3.8) is 0 Å². The van der Waals surface area contributed by atoms with Crippen molar-refractivity contribution in [1.82, 2.24) is 10.2 Å². The Morgan fingerprint density at radius 1 is 1.58 bits per heavy atom. The van der Waals surface area contributed by atoms with E-state index in [4.69, 9.17) is 10.1 Å². The summed E-state index contributed by atoms with van der Waals surface area (Å²) in [6.45, 7) is 5.20. The molecular weight excluding hydrogens is 248 g/mol. The van der Waals surface area contributed by atoms with Crippen LogP contribution in [0.3, 0.4) is 0 Å². The lowest BCUT2D eigenvalue weighted by Gasteiger charge is -2.42. The third-order valence-electron chi connectivity index (χ3n) is 3.73. The fraction of sp³-hybridized carbons (Fsp3) is 0.750. The average Bonchev–Trinajstić information content (AvgIpc) is 2.27. The Balaban J connectivity index is 1.94. The summed E-state index contributed by atoms with van der Waals surface area (Å²) in [6.07, 6.45) is 2.88. The molecule has 2 saturated heterocycles. The van der Waals surface area contributed by atoms with E-state index in [9.17, 15) is 10.1 Å². The van der Waals surface area contributed by atoms with Crippen LogP contribution in [0.15, 0.2) is 11.4 Å². The molecule has 7 heteroatoms. The number of piperidine rings is 1. The zero-order chi connectivity index (χ0) is 13.8. The molecule has 0 aliphatic carbocycles. The van der Waals surface area contributed by atoms with Crippen molar-refractivity contribution < 1.29 is 9.66 Å². The first-order valence-corrected chi connectivity index (χ1v) is 6.56. The second-order valence-electron chi connectivity index (χ2n) is 5.08. The Morgan fingerprint density at radius 3 is 2.84 bits per heavy atom. The molecule has 106 valence electrons. The van der Waals surface area contributed by atoms with Gasteiger partial charge in [-0.1, -0.05) is 0 Å². The standard InChI is InChI=1S/C12H20N4O3/c1-9(12(5-13)16(17)18)14-10-3-2-4-15(6-10)11-7-19-8-11/h5,10-11,13-14H,2-4,6-8H2,1H3/b12-9+,13-5?/t10-/m0/s1. The molecule has 0 aromatic rings. The van der Waals surface area contributed by atoms with Crippen LogP contribution in [0.4, 0.5) is 0 Å². The topological polar surface area (TPSA) is 91.5 Å². The van der Waals surface area contributed by atoms with Gasteiger partial charge in [-0.25, -0.2) is 0 Å². The predicted octanol–water partition coefficient (Wildman–Crippen LogP) is 0.597. The summed E-state index contributed by atoms with van der Waals surface area (Å²) < 4.78 is 5.20. The zero-order valence-electron chi connectivity index (χ0n) is 11.1. The van der Waals surface area contributed by atoms with Gasteiger partial charge < -0.3 is 15.5 Å². The smallest absolute Gasteiger partial charge is 0.305 e. The third-order valence-corrected chi connectivity index (χ3v) is 3.73. The minimum absolute atomic E-state index is 0.163. The second-order valence-corrected chi connectivity index (χ2v) is 5.08. The quantitative estimate of drug-likeness (QED) is 0.433. The molecule has 0 bridgehead atoms. The molecule has 0 aromatic heterocycles. The number of allylic oxidation sites excluding steroid dienone is 2. The van der Waals surface area contributed by atoms with E-state index in [1.807, 2.05) is 0 Å². The van der Waals surface area contributed by atoms with Crippen molar-refractivity contribution in [2.75, 3.05) is 26.3 Å². The van der Waals surface area contributed by atoms with Crippen molar-refractivity contribution in [3.05, 3.63) is 21.5 Å². The van der Waals surface area contributed by atoms with Crippen molar-refractivity contribution >= 4 is 6.21 Å². The summed E-state index contributed by atoms with van der Waals surface area (Å²) in [5.41, 5.74) is 0.306. The number of nitrogens with one attached hydrogen (secondary N) is 2. The maximum absolute atomic E-state index is 10.8. The van der Waals surface area contributed by atoms with E-state index in [-0.39, 0.29) is 11.7 Å². The van der Waals surface area contributed by atoms with E-state index in [2.05, 4.69) is 10.2 Å². The van der Waals surface area contributed by atoms with Gasteiger partial charge in [0.2, 0.25) is 0 Å². The number of hydrogen-bond donors (Lipinski definition) is 2. The highest BCUT2D eigenvalue weighted by Crippen LogP contribution is 2.18. The van der Waals surface area contributed by atoms with E-state index >= 15 is 0 Å². The number of nitrogens with zero attached hydrogens (tertiary/aromatic N) is 2. The van der Waals surface area contributed by atoms with Crippen molar-refractivity contribution in [2.24, 2.45) is 0 Å². The SMILES string of the molecule is C/C(N[C@H]1CCCN(C2COC2)C1)=C(/C=N)[N+](=O)[O-]. The number of rotatable bonds is 5. The van der Waals surface area contributed by atoms with Gasteiger partial charge in [0.15, 0.2) is 0 Å². The first kappa shape index (κ1) is 14.0. The van der Waals surface area contributed by atoms with E-state index in [0.717, 1.165) is 45.4 Å². The Labute approximate surface area is 112 Å². The number of likely N-dealkylation sites (tertiary alicyclic amines) is 1. The van der Waals surface area contributed by atoms with Gasteiger partial charge in [-0.3, -0.25) is 15.0 Å². The van der Waals surface area contributed by atoms with Crippen molar-refractivity contribution in [1.29, 1.82) is 5.41 Å². The monoisotopic (exact) mass is 268 g/mol. The molecule has 0 radical (unpaired) electrons. The molecule has 0 amide bonds. The molecule has 1 atom stereocenters. The van der Waals surface area contributed by atoms with Crippen LogP contribution in [0.5, 0.6) is 0 Å². The number of ether oxygens (including phenoxy) is 1. The molecule has 19 heavy (non-hydrogen) atoms. The Hall–Kier alpha value is -1.47. The highest BCUT2D eigenvalue weighted by molar-refractivity contribution is 5.73. The van der Waals surface area contributed by atoms with E-state index in [1.54, 1.807) is 6.92 Å². The van der Waals surface area contributed by atoms with E-state index in [0.29, 0.717) is 11.7 Å². The fourth-order valence-electron chi connectivity index (χ4n) is 2.57. The number of nitro groups is 1. The first-order valence-electron chi connectivity index (χ1n) is 6.56. The zero-order valence-corrected chi connectivity index (χ0v) is 11.1. The minimum atomic E-state index is -0.518. The largest absolute Gasteiger partial charge is 0.379 e. The van der Waals surface area contributed by atoms with Crippen LogP contribution in [0.1, 0.15) is 19.8 Å². The van der Waals surface area contributed by atoms with Gasteiger partial charge in [0.1, 0.15) is 0 Å². The molecule has 2 heterocycles. The molecule has 2 aliphatic heterocycles. The lowest BCUT2D eigenvalue weighted by atomic mass is 10.0. The highest BCUT2D eigenvalue weighted by atomic mass is 16.6. The lowest BCUT2D eigenvalue weighted by molar-refractivity contribution is -0.415. The summed E-state index contributed by atoms with van der Waals surface area (Å²) in [4.78, 5) is 12.6. The van der Waals surface area contributed by atoms with Gasteiger partial charge in [-0.2, -0.15) is 0 Å². The molecular formula is C12H20N4O3. The third kappa shape index (κ3) is 3.30.